The van der Waals surface area contributed by atoms with Crippen molar-refractivity contribution in [3.8, 4) is 0 Å². The molecule has 0 amide bonds. The molecule has 0 radical (unpaired) electrons. The van der Waals surface area contributed by atoms with E-state index in [1.165, 1.54) is 11.3 Å². The quantitative estimate of drug-likeness (QED) is 0.813. The maximum atomic E-state index is 5.44. The summed E-state index contributed by atoms with van der Waals surface area (Å²) >= 11 is 4.79. The van der Waals surface area contributed by atoms with Crippen molar-refractivity contribution in [3.63, 3.8) is 0 Å². The third kappa shape index (κ3) is 3.01. The van der Waals surface area contributed by atoms with Crippen molar-refractivity contribution >= 4 is 38.6 Å². The maximum absolute atomic E-state index is 5.44. The Hall–Kier alpha value is -0.980. The molecule has 0 saturated carbocycles. The molecule has 2 aromatic rings. The van der Waals surface area contributed by atoms with E-state index in [4.69, 9.17) is 9.15 Å². The van der Waals surface area contributed by atoms with Gasteiger partial charge in [-0.1, -0.05) is 11.3 Å². The lowest BCUT2D eigenvalue weighted by atomic mass is 10.4. The number of halogens is 1. The van der Waals surface area contributed by atoms with E-state index in [0.717, 1.165) is 9.55 Å². The minimum atomic E-state index is 0.469. The largest absolute Gasteiger partial charge is 0.458 e. The first-order valence-electron chi connectivity index (χ1n) is 4.51. The molecule has 4 nitrogen and oxygen atoms in total. The minimum Gasteiger partial charge on any atom is -0.458 e. The lowest BCUT2D eigenvalue weighted by Gasteiger charge is -1.91. The number of ether oxygens (including phenoxy) is 1. The lowest BCUT2D eigenvalue weighted by Crippen LogP contribution is -1.82. The second-order valence-electron chi connectivity index (χ2n) is 2.94. The van der Waals surface area contributed by atoms with Gasteiger partial charge >= 0.3 is 0 Å². The van der Waals surface area contributed by atoms with Crippen LogP contribution in [0.3, 0.4) is 0 Å². The minimum absolute atomic E-state index is 0.469. The van der Waals surface area contributed by atoms with Crippen molar-refractivity contribution in [1.29, 1.82) is 0 Å². The fraction of sp³-hybridized carbons (Fsp3) is 0.200. The Morgan fingerprint density at radius 1 is 1.62 bits per heavy atom. The molecule has 0 aliphatic rings. The Morgan fingerprint density at radius 2 is 2.50 bits per heavy atom. The van der Waals surface area contributed by atoms with E-state index in [1.807, 2.05) is 12.1 Å². The lowest BCUT2D eigenvalue weighted by molar-refractivity contribution is 0.164. The molecule has 0 atom stereocenters. The molecule has 6 heteroatoms. The molecule has 0 aliphatic carbocycles. The number of rotatable bonds is 4. The number of furan rings is 1. The van der Waals surface area contributed by atoms with Crippen molar-refractivity contribution in [2.45, 2.75) is 6.61 Å². The van der Waals surface area contributed by atoms with Crippen LogP contribution in [0.15, 0.2) is 31.5 Å². The van der Waals surface area contributed by atoms with Gasteiger partial charge in [-0.3, -0.25) is 0 Å². The number of methoxy groups -OCH3 is 1. The third-order valence-corrected chi connectivity index (χ3v) is 3.12. The highest BCUT2D eigenvalue weighted by molar-refractivity contribution is 9.11. The first-order valence-corrected chi connectivity index (χ1v) is 6.12. The van der Waals surface area contributed by atoms with Gasteiger partial charge in [0.1, 0.15) is 18.1 Å². The summed E-state index contributed by atoms with van der Waals surface area (Å²) in [5, 5.41) is 0.691. The molecule has 2 heterocycles. The van der Waals surface area contributed by atoms with Crippen molar-refractivity contribution in [3.05, 3.63) is 33.6 Å². The van der Waals surface area contributed by atoms with E-state index < -0.39 is 0 Å². The Kier molecular flexibility index (Phi) is 3.87. The van der Waals surface area contributed by atoms with Crippen LogP contribution in [-0.2, 0) is 11.3 Å². The highest BCUT2D eigenvalue weighted by Crippen LogP contribution is 2.25. The molecule has 0 N–H and O–H groups in total. The van der Waals surface area contributed by atoms with E-state index in [2.05, 4.69) is 25.9 Å². The van der Waals surface area contributed by atoms with E-state index in [-0.39, 0.29) is 0 Å². The van der Waals surface area contributed by atoms with Crippen LogP contribution in [-0.4, -0.2) is 18.3 Å². The summed E-state index contributed by atoms with van der Waals surface area (Å²) in [5.41, 5.74) is 0. The summed E-state index contributed by atoms with van der Waals surface area (Å²) in [6, 6.07) is 3.71. The van der Waals surface area contributed by atoms with Crippen LogP contribution >= 0.6 is 27.3 Å². The molecule has 2 rings (SSSR count). The topological polar surface area (TPSA) is 47.6 Å². The van der Waals surface area contributed by atoms with Gasteiger partial charge in [0.25, 0.3) is 0 Å². The SMILES string of the molecule is COCc1ccc(C=Nc2ncc(Br)s2)o1. The van der Waals surface area contributed by atoms with Crippen molar-refractivity contribution < 1.29 is 9.15 Å². The zero-order valence-electron chi connectivity index (χ0n) is 8.51. The van der Waals surface area contributed by atoms with Crippen LogP contribution in [0.1, 0.15) is 11.5 Å². The van der Waals surface area contributed by atoms with Crippen LogP contribution in [0, 0.1) is 0 Å². The van der Waals surface area contributed by atoms with Crippen LogP contribution in [0.2, 0.25) is 0 Å². The van der Waals surface area contributed by atoms with Gasteiger partial charge in [0.15, 0.2) is 0 Å². The summed E-state index contributed by atoms with van der Waals surface area (Å²) in [5.74, 6) is 1.47. The number of thiazole rings is 1. The zero-order chi connectivity index (χ0) is 11.4. The number of aromatic nitrogens is 1. The van der Waals surface area contributed by atoms with E-state index in [1.54, 1.807) is 19.5 Å². The molecule has 0 saturated heterocycles. The predicted molar refractivity (Wildman–Crippen MR) is 66.5 cm³/mol. The normalized spacial score (nSPS) is 11.4. The standard InChI is InChI=1S/C10H9BrN2O2S/c1-14-6-8-3-2-7(15-8)4-12-10-13-5-9(11)16-10/h2-5H,6H2,1H3. The van der Waals surface area contributed by atoms with Crippen LogP contribution in [0.25, 0.3) is 0 Å². The maximum Gasteiger partial charge on any atom is 0.210 e. The molecule has 0 aromatic carbocycles. The molecule has 0 bridgehead atoms. The smallest absolute Gasteiger partial charge is 0.210 e. The fourth-order valence-electron chi connectivity index (χ4n) is 1.11. The second-order valence-corrected chi connectivity index (χ2v) is 5.33. The van der Waals surface area contributed by atoms with Crippen LogP contribution in [0.4, 0.5) is 5.13 Å². The predicted octanol–water partition coefficient (Wildman–Crippen LogP) is 3.40. The van der Waals surface area contributed by atoms with Crippen molar-refractivity contribution in [1.82, 2.24) is 4.98 Å². The van der Waals surface area contributed by atoms with Gasteiger partial charge in [-0.25, -0.2) is 9.98 Å². The highest BCUT2D eigenvalue weighted by atomic mass is 79.9. The monoisotopic (exact) mass is 300 g/mol. The Morgan fingerprint density at radius 3 is 3.19 bits per heavy atom. The average molecular weight is 301 g/mol. The molecular weight excluding hydrogens is 292 g/mol. The highest BCUT2D eigenvalue weighted by Gasteiger charge is 2.00. The van der Waals surface area contributed by atoms with E-state index >= 15 is 0 Å². The molecule has 0 fully saturated rings. The summed E-state index contributed by atoms with van der Waals surface area (Å²) in [7, 11) is 1.63. The molecular formula is C10H9BrN2O2S. The Bertz CT molecular complexity index is 492. The fourth-order valence-corrected chi connectivity index (χ4v) is 2.14. The molecule has 0 unspecified atom stereocenters. The first kappa shape index (κ1) is 11.5. The van der Waals surface area contributed by atoms with Gasteiger partial charge in [0.05, 0.1) is 16.2 Å². The van der Waals surface area contributed by atoms with E-state index in [0.29, 0.717) is 17.5 Å². The number of hydrogen-bond donors (Lipinski definition) is 0. The molecule has 0 aliphatic heterocycles. The van der Waals surface area contributed by atoms with Gasteiger partial charge in [-0.05, 0) is 28.1 Å². The number of hydrogen-bond acceptors (Lipinski definition) is 5. The summed E-state index contributed by atoms with van der Waals surface area (Å²) < 4.78 is 11.4. The van der Waals surface area contributed by atoms with Gasteiger partial charge in [0.2, 0.25) is 5.13 Å². The molecule has 16 heavy (non-hydrogen) atoms. The first-order chi connectivity index (χ1) is 7.78. The van der Waals surface area contributed by atoms with Gasteiger partial charge in [-0.2, -0.15) is 0 Å². The average Bonchev–Trinajstić information content (AvgIpc) is 2.85. The molecule has 0 spiro atoms. The van der Waals surface area contributed by atoms with Gasteiger partial charge < -0.3 is 9.15 Å². The van der Waals surface area contributed by atoms with Gasteiger partial charge in [0, 0.05) is 7.11 Å². The molecule has 84 valence electrons. The Balaban J connectivity index is 2.05. The van der Waals surface area contributed by atoms with E-state index in [9.17, 15) is 0 Å². The van der Waals surface area contributed by atoms with Crippen LogP contribution < -0.4 is 0 Å². The summed E-state index contributed by atoms with van der Waals surface area (Å²) in [6.45, 7) is 0.469. The molecule has 2 aromatic heterocycles. The van der Waals surface area contributed by atoms with Crippen molar-refractivity contribution in [2.24, 2.45) is 4.99 Å². The zero-order valence-corrected chi connectivity index (χ0v) is 10.9. The summed E-state index contributed by atoms with van der Waals surface area (Å²) in [6.07, 6.45) is 3.36. The number of nitrogens with zero attached hydrogens (tertiary/aromatic N) is 2. The summed E-state index contributed by atoms with van der Waals surface area (Å²) in [4.78, 5) is 8.27. The second kappa shape index (κ2) is 5.38. The Labute approximate surface area is 105 Å². The van der Waals surface area contributed by atoms with Crippen LogP contribution in [0.5, 0.6) is 0 Å². The van der Waals surface area contributed by atoms with Gasteiger partial charge in [-0.15, -0.1) is 0 Å². The van der Waals surface area contributed by atoms with Crippen molar-refractivity contribution in [2.75, 3.05) is 7.11 Å². The third-order valence-electron chi connectivity index (χ3n) is 1.74. The number of aliphatic imine (C=N–C) groups is 1.